The molecule has 0 spiro atoms. The number of benzene rings is 1. The third kappa shape index (κ3) is 3.70. The quantitative estimate of drug-likeness (QED) is 0.377. The maximum atomic E-state index is 13.0. The first-order valence-corrected chi connectivity index (χ1v) is 7.92. The number of nitrogens with zero attached hydrogens (tertiary/aromatic N) is 3. The van der Waals surface area contributed by atoms with Crippen LogP contribution in [0.5, 0.6) is 0 Å². The first-order chi connectivity index (χ1) is 12.5. The number of aromatic nitrogens is 2. The number of esters is 1. The van der Waals surface area contributed by atoms with Crippen LogP contribution >= 0.6 is 11.8 Å². The van der Waals surface area contributed by atoms with E-state index >= 15 is 0 Å². The molecule has 0 fully saturated rings. The summed E-state index contributed by atoms with van der Waals surface area (Å²) in [6.45, 7) is 0. The van der Waals surface area contributed by atoms with Crippen molar-refractivity contribution in [3.63, 3.8) is 0 Å². The fourth-order valence-electron chi connectivity index (χ4n) is 2.02. The molecule has 0 saturated carbocycles. The van der Waals surface area contributed by atoms with E-state index < -0.39 is 10.9 Å². The zero-order valence-electron chi connectivity index (χ0n) is 13.2. The van der Waals surface area contributed by atoms with Gasteiger partial charge in [-0.05, 0) is 36.0 Å². The summed E-state index contributed by atoms with van der Waals surface area (Å²) in [4.78, 5) is 30.0. The average molecular weight is 375 g/mol. The highest BCUT2D eigenvalue weighted by Crippen LogP contribution is 2.34. The van der Waals surface area contributed by atoms with Crippen molar-refractivity contribution in [2.45, 2.75) is 10.2 Å². The molecule has 0 radical (unpaired) electrons. The molecule has 3 aromatic rings. The molecule has 2 heterocycles. The van der Waals surface area contributed by atoms with Crippen LogP contribution in [0.4, 0.5) is 10.1 Å². The van der Waals surface area contributed by atoms with Gasteiger partial charge in [-0.1, -0.05) is 0 Å². The lowest BCUT2D eigenvalue weighted by Crippen LogP contribution is -2.04. The number of nitro groups is 1. The molecule has 0 unspecified atom stereocenters. The Morgan fingerprint density at radius 2 is 2.00 bits per heavy atom. The Hall–Kier alpha value is -3.27. The first kappa shape index (κ1) is 17.5. The molecule has 0 aliphatic heterocycles. The molecule has 2 aromatic heterocycles. The Bertz CT molecular complexity index is 974. The normalized spacial score (nSPS) is 10.5. The van der Waals surface area contributed by atoms with Gasteiger partial charge in [0.15, 0.2) is 10.8 Å². The summed E-state index contributed by atoms with van der Waals surface area (Å²) >= 11 is 0.832. The molecule has 26 heavy (non-hydrogen) atoms. The minimum atomic E-state index is -0.730. The molecule has 1 aromatic carbocycles. The topological polar surface area (TPSA) is 108 Å². The second-order valence-electron chi connectivity index (χ2n) is 4.90. The van der Waals surface area contributed by atoms with Crippen LogP contribution in [0.2, 0.25) is 0 Å². The molecule has 3 rings (SSSR count). The standard InChI is InChI=1S/C16H10FN3O5S/c1-24-15(21)10-6-12(20(22)23)14(18-7-10)26-16-19-8-13(25-16)9-2-4-11(17)5-3-9/h2-8H,1H3. The molecule has 0 aliphatic rings. The molecule has 8 nitrogen and oxygen atoms in total. The van der Waals surface area contributed by atoms with Gasteiger partial charge in [-0.2, -0.15) is 0 Å². The summed E-state index contributed by atoms with van der Waals surface area (Å²) in [7, 11) is 1.17. The van der Waals surface area contributed by atoms with Gasteiger partial charge >= 0.3 is 11.7 Å². The van der Waals surface area contributed by atoms with Crippen LogP contribution in [0.3, 0.4) is 0 Å². The lowest BCUT2D eigenvalue weighted by molar-refractivity contribution is -0.388. The highest BCUT2D eigenvalue weighted by molar-refractivity contribution is 7.99. The summed E-state index contributed by atoms with van der Waals surface area (Å²) in [5.41, 5.74) is 0.191. The number of rotatable bonds is 5. The number of oxazole rings is 1. The molecule has 132 valence electrons. The second-order valence-corrected chi connectivity index (χ2v) is 5.84. The predicted molar refractivity (Wildman–Crippen MR) is 88.3 cm³/mol. The van der Waals surface area contributed by atoms with Crippen LogP contribution in [0.15, 0.2) is 57.4 Å². The highest BCUT2D eigenvalue weighted by atomic mass is 32.2. The summed E-state index contributed by atoms with van der Waals surface area (Å²) in [5.74, 6) is -0.735. The van der Waals surface area contributed by atoms with Crippen molar-refractivity contribution in [2.75, 3.05) is 7.11 Å². The van der Waals surface area contributed by atoms with Crippen molar-refractivity contribution in [1.29, 1.82) is 0 Å². The Morgan fingerprint density at radius 1 is 1.27 bits per heavy atom. The molecule has 0 saturated heterocycles. The minimum Gasteiger partial charge on any atom is -0.465 e. The van der Waals surface area contributed by atoms with Crippen LogP contribution in [0, 0.1) is 15.9 Å². The van der Waals surface area contributed by atoms with E-state index in [9.17, 15) is 19.3 Å². The van der Waals surface area contributed by atoms with Gasteiger partial charge in [0, 0.05) is 17.8 Å². The van der Waals surface area contributed by atoms with Crippen molar-refractivity contribution < 1.29 is 23.3 Å². The maximum absolute atomic E-state index is 13.0. The first-order valence-electron chi connectivity index (χ1n) is 7.10. The molecule has 10 heteroatoms. The van der Waals surface area contributed by atoms with Crippen molar-refractivity contribution in [2.24, 2.45) is 0 Å². The smallest absolute Gasteiger partial charge is 0.339 e. The van der Waals surface area contributed by atoms with Crippen molar-refractivity contribution >= 4 is 23.4 Å². The largest absolute Gasteiger partial charge is 0.465 e. The van der Waals surface area contributed by atoms with E-state index in [4.69, 9.17) is 4.42 Å². The highest BCUT2D eigenvalue weighted by Gasteiger charge is 2.22. The van der Waals surface area contributed by atoms with Crippen LogP contribution in [0.25, 0.3) is 11.3 Å². The van der Waals surface area contributed by atoms with Gasteiger partial charge in [0.1, 0.15) is 5.82 Å². The zero-order chi connectivity index (χ0) is 18.7. The Labute approximate surface area is 150 Å². The molecule has 0 atom stereocenters. The van der Waals surface area contributed by atoms with Gasteiger partial charge in [0.2, 0.25) is 0 Å². The Balaban J connectivity index is 1.88. The Morgan fingerprint density at radius 3 is 2.65 bits per heavy atom. The van der Waals surface area contributed by atoms with E-state index in [1.54, 1.807) is 0 Å². The van der Waals surface area contributed by atoms with E-state index in [2.05, 4.69) is 14.7 Å². The van der Waals surface area contributed by atoms with Crippen LogP contribution < -0.4 is 0 Å². The van der Waals surface area contributed by atoms with Crippen LogP contribution in [-0.2, 0) is 4.74 Å². The molecule has 0 aliphatic carbocycles. The van der Waals surface area contributed by atoms with Gasteiger partial charge in [-0.15, -0.1) is 0 Å². The number of halogens is 1. The molecule has 0 N–H and O–H groups in total. The summed E-state index contributed by atoms with van der Waals surface area (Å²) < 4.78 is 23.0. The molecular weight excluding hydrogens is 365 g/mol. The molecular formula is C16H10FN3O5S. The molecule has 0 bridgehead atoms. The fraction of sp³-hybridized carbons (Fsp3) is 0.0625. The third-order valence-electron chi connectivity index (χ3n) is 3.25. The zero-order valence-corrected chi connectivity index (χ0v) is 14.0. The van der Waals surface area contributed by atoms with Gasteiger partial charge < -0.3 is 9.15 Å². The summed E-state index contributed by atoms with van der Waals surface area (Å²) in [5, 5.41) is 11.4. The van der Waals surface area contributed by atoms with E-state index in [-0.39, 0.29) is 27.3 Å². The number of ether oxygens (including phenoxy) is 1. The van der Waals surface area contributed by atoms with E-state index in [1.165, 1.54) is 43.8 Å². The van der Waals surface area contributed by atoms with Crippen LogP contribution in [0.1, 0.15) is 10.4 Å². The predicted octanol–water partition coefficient (Wildman–Crippen LogP) is 3.72. The SMILES string of the molecule is COC(=O)c1cnc(Sc2ncc(-c3ccc(F)cc3)o2)c([N+](=O)[O-])c1. The number of hydrogen-bond donors (Lipinski definition) is 0. The van der Waals surface area contributed by atoms with Gasteiger partial charge in [-0.25, -0.2) is 19.2 Å². The lowest BCUT2D eigenvalue weighted by Gasteiger charge is -2.02. The van der Waals surface area contributed by atoms with Gasteiger partial charge in [0.25, 0.3) is 5.22 Å². The fourth-order valence-corrected chi connectivity index (χ4v) is 2.76. The van der Waals surface area contributed by atoms with E-state index in [1.807, 2.05) is 0 Å². The Kier molecular flexibility index (Phi) is 4.94. The van der Waals surface area contributed by atoms with Crippen molar-refractivity contribution in [3.8, 4) is 11.3 Å². The van der Waals surface area contributed by atoms with Crippen LogP contribution in [-0.4, -0.2) is 28.0 Å². The summed E-state index contributed by atoms with van der Waals surface area (Å²) in [6.07, 6.45) is 2.59. The molecule has 0 amide bonds. The van der Waals surface area contributed by atoms with Gasteiger partial charge in [-0.3, -0.25) is 10.1 Å². The number of carbonyl (C=O) groups is 1. The monoisotopic (exact) mass is 375 g/mol. The number of carbonyl (C=O) groups excluding carboxylic acids is 1. The minimum absolute atomic E-state index is 0.00941. The van der Waals surface area contributed by atoms with E-state index in [0.29, 0.717) is 11.3 Å². The number of methoxy groups -OCH3 is 1. The second kappa shape index (κ2) is 7.31. The van der Waals surface area contributed by atoms with Crippen molar-refractivity contribution in [1.82, 2.24) is 9.97 Å². The summed E-state index contributed by atoms with van der Waals surface area (Å²) in [6, 6.07) is 6.68. The lowest BCUT2D eigenvalue weighted by atomic mass is 10.2. The van der Waals surface area contributed by atoms with Crippen molar-refractivity contribution in [3.05, 3.63) is 64.2 Å². The average Bonchev–Trinajstić information content (AvgIpc) is 3.10. The van der Waals surface area contributed by atoms with E-state index in [0.717, 1.165) is 17.8 Å². The third-order valence-corrected chi connectivity index (χ3v) is 4.12. The number of pyridine rings is 1. The maximum Gasteiger partial charge on any atom is 0.339 e. The number of hydrogen-bond acceptors (Lipinski definition) is 8. The van der Waals surface area contributed by atoms with Gasteiger partial charge in [0.05, 0.1) is 23.8 Å².